The van der Waals surface area contributed by atoms with Crippen molar-refractivity contribution in [2.75, 3.05) is 0 Å². The fourth-order valence-electron chi connectivity index (χ4n) is 9.46. The molecule has 0 saturated heterocycles. The van der Waals surface area contributed by atoms with E-state index in [4.69, 9.17) is 19.4 Å². The largest absolute Gasteiger partial charge is 0.456 e. The zero-order valence-corrected chi connectivity index (χ0v) is 33.9. The van der Waals surface area contributed by atoms with Crippen molar-refractivity contribution in [3.63, 3.8) is 0 Å². The van der Waals surface area contributed by atoms with Gasteiger partial charge in [0.15, 0.2) is 17.5 Å². The lowest BCUT2D eigenvalue weighted by Gasteiger charge is -2.15. The maximum absolute atomic E-state index is 6.33. The molecule has 0 bridgehead atoms. The molecule has 0 saturated carbocycles. The van der Waals surface area contributed by atoms with Gasteiger partial charge in [0.05, 0.1) is 22.1 Å². The van der Waals surface area contributed by atoms with Crippen LogP contribution in [0.1, 0.15) is 0 Å². The van der Waals surface area contributed by atoms with Gasteiger partial charge in [-0.1, -0.05) is 140 Å². The number of hydrogen-bond acceptors (Lipinski definition) is 4. The molecule has 294 valence electrons. The third-order valence-corrected chi connectivity index (χ3v) is 12.3. The van der Waals surface area contributed by atoms with Crippen LogP contribution in [0.3, 0.4) is 0 Å². The van der Waals surface area contributed by atoms with E-state index < -0.39 is 0 Å². The van der Waals surface area contributed by atoms with Crippen LogP contribution in [0, 0.1) is 0 Å². The van der Waals surface area contributed by atoms with Crippen LogP contribution in [0.2, 0.25) is 0 Å². The van der Waals surface area contributed by atoms with Crippen LogP contribution in [0.25, 0.3) is 122 Å². The Hall–Kier alpha value is -8.61. The normalized spacial score (nSPS) is 11.8. The van der Waals surface area contributed by atoms with E-state index in [0.29, 0.717) is 17.5 Å². The molecule has 0 atom stereocenters. The Bertz CT molecular complexity index is 3860. The molecule has 0 radical (unpaired) electrons. The highest BCUT2D eigenvalue weighted by Gasteiger charge is 2.20. The second kappa shape index (κ2) is 14.0. The predicted octanol–water partition coefficient (Wildman–Crippen LogP) is 14.6. The summed E-state index contributed by atoms with van der Waals surface area (Å²) in [5.74, 6) is 1.75. The number of benzene rings is 9. The Kier molecular flexibility index (Phi) is 7.80. The summed E-state index contributed by atoms with van der Waals surface area (Å²) in [5.41, 5.74) is 13.2. The summed E-state index contributed by atoms with van der Waals surface area (Å²) in [5, 5.41) is 6.97. The maximum Gasteiger partial charge on any atom is 0.164 e. The summed E-state index contributed by atoms with van der Waals surface area (Å²) in [4.78, 5) is 15.6. The van der Waals surface area contributed by atoms with Gasteiger partial charge in [-0.2, -0.15) is 0 Å². The van der Waals surface area contributed by atoms with E-state index in [0.717, 1.165) is 72.2 Å². The van der Waals surface area contributed by atoms with Crippen LogP contribution < -0.4 is 0 Å². The molecule has 6 heteroatoms. The Balaban J connectivity index is 1.03. The quantitative estimate of drug-likeness (QED) is 0.168. The Morgan fingerprint density at radius 3 is 1.44 bits per heavy atom. The Morgan fingerprint density at radius 2 is 0.762 bits per heavy atom. The first-order valence-electron chi connectivity index (χ1n) is 21.2. The molecule has 4 aromatic heterocycles. The van der Waals surface area contributed by atoms with Gasteiger partial charge < -0.3 is 13.6 Å². The van der Waals surface area contributed by atoms with Crippen molar-refractivity contribution < 1.29 is 4.42 Å². The molecule has 0 spiro atoms. The topological polar surface area (TPSA) is 61.7 Å². The molecular formula is C57H35N5O. The standard InChI is InChI=1S/C57H35N5O/c1-3-15-36(16-4-1)39-31-40(57-59-55(37-17-5-2-6-18-37)58-56(60-57)38-27-29-47-46-22-10-14-26-53(46)63-54(47)34-38)33-42(32-39)62-51-25-13-9-21-45(51)48-35-41(28-30-52(48)62)61-49-23-11-7-19-43(49)44-20-8-12-24-50(44)61/h1-35H. The van der Waals surface area contributed by atoms with Gasteiger partial charge in [0.25, 0.3) is 0 Å². The molecule has 0 unspecified atom stereocenters. The van der Waals surface area contributed by atoms with E-state index in [-0.39, 0.29) is 0 Å². The molecule has 13 rings (SSSR count). The summed E-state index contributed by atoms with van der Waals surface area (Å²) >= 11 is 0. The van der Waals surface area contributed by atoms with Gasteiger partial charge in [-0.25, -0.2) is 15.0 Å². The zero-order chi connectivity index (χ0) is 41.4. The average molecular weight is 806 g/mol. The van der Waals surface area contributed by atoms with Crippen LogP contribution in [0.5, 0.6) is 0 Å². The number of hydrogen-bond donors (Lipinski definition) is 0. The van der Waals surface area contributed by atoms with Crippen molar-refractivity contribution in [1.82, 2.24) is 24.1 Å². The first-order chi connectivity index (χ1) is 31.2. The number of aromatic nitrogens is 5. The van der Waals surface area contributed by atoms with Crippen molar-refractivity contribution in [2.24, 2.45) is 0 Å². The van der Waals surface area contributed by atoms with Crippen LogP contribution >= 0.6 is 0 Å². The average Bonchev–Trinajstić information content (AvgIpc) is 4.01. The molecule has 0 fully saturated rings. The second-order valence-corrected chi connectivity index (χ2v) is 16.0. The minimum absolute atomic E-state index is 0.572. The van der Waals surface area contributed by atoms with Gasteiger partial charge in [0, 0.05) is 60.4 Å². The molecule has 0 aliphatic heterocycles. The summed E-state index contributed by atoms with van der Waals surface area (Å²) < 4.78 is 11.1. The summed E-state index contributed by atoms with van der Waals surface area (Å²) in [7, 11) is 0. The minimum Gasteiger partial charge on any atom is -0.456 e. The summed E-state index contributed by atoms with van der Waals surface area (Å²) in [6, 6.07) is 74.6. The summed E-state index contributed by atoms with van der Waals surface area (Å²) in [6.07, 6.45) is 0. The van der Waals surface area contributed by atoms with Crippen molar-refractivity contribution in [3.05, 3.63) is 212 Å². The van der Waals surface area contributed by atoms with Crippen molar-refractivity contribution in [1.29, 1.82) is 0 Å². The molecule has 0 N–H and O–H groups in total. The predicted molar refractivity (Wildman–Crippen MR) is 258 cm³/mol. The smallest absolute Gasteiger partial charge is 0.164 e. The molecule has 9 aromatic carbocycles. The van der Waals surface area contributed by atoms with E-state index in [2.05, 4.69) is 167 Å². The van der Waals surface area contributed by atoms with Gasteiger partial charge in [-0.3, -0.25) is 0 Å². The number of fused-ring (bicyclic) bond motifs is 9. The lowest BCUT2D eigenvalue weighted by Crippen LogP contribution is -2.02. The Morgan fingerprint density at radius 1 is 0.270 bits per heavy atom. The third kappa shape index (κ3) is 5.69. The SMILES string of the molecule is c1ccc(-c2cc(-c3nc(-c4ccccc4)nc(-c4ccc5c(c4)oc4ccccc45)n3)cc(-n3c4ccccc4c4cc(-n5c6ccccc6c6ccccc65)ccc43)c2)cc1. The van der Waals surface area contributed by atoms with Crippen LogP contribution in [0.4, 0.5) is 0 Å². The Labute approximate surface area is 361 Å². The van der Waals surface area contributed by atoms with E-state index in [1.54, 1.807) is 0 Å². The van der Waals surface area contributed by atoms with Crippen molar-refractivity contribution in [3.8, 4) is 56.7 Å². The maximum atomic E-state index is 6.33. The fourth-order valence-corrected chi connectivity index (χ4v) is 9.46. The fraction of sp³-hybridized carbons (Fsp3) is 0. The third-order valence-electron chi connectivity index (χ3n) is 12.3. The first-order valence-corrected chi connectivity index (χ1v) is 21.2. The van der Waals surface area contributed by atoms with Gasteiger partial charge in [-0.05, 0) is 83.9 Å². The molecule has 13 aromatic rings. The highest BCUT2D eigenvalue weighted by atomic mass is 16.3. The van der Waals surface area contributed by atoms with Gasteiger partial charge in [0.2, 0.25) is 0 Å². The van der Waals surface area contributed by atoms with E-state index in [1.807, 2.05) is 54.6 Å². The van der Waals surface area contributed by atoms with Crippen molar-refractivity contribution >= 4 is 65.6 Å². The van der Waals surface area contributed by atoms with Crippen LogP contribution in [-0.4, -0.2) is 24.1 Å². The highest BCUT2D eigenvalue weighted by molar-refractivity contribution is 6.12. The number of rotatable bonds is 6. The van der Waals surface area contributed by atoms with Gasteiger partial charge >= 0.3 is 0 Å². The number of furan rings is 1. The molecule has 63 heavy (non-hydrogen) atoms. The van der Waals surface area contributed by atoms with E-state index >= 15 is 0 Å². The molecule has 6 nitrogen and oxygen atoms in total. The van der Waals surface area contributed by atoms with Gasteiger partial charge in [-0.15, -0.1) is 0 Å². The molecular weight excluding hydrogens is 771 g/mol. The van der Waals surface area contributed by atoms with E-state index in [9.17, 15) is 0 Å². The summed E-state index contributed by atoms with van der Waals surface area (Å²) in [6.45, 7) is 0. The number of nitrogens with zero attached hydrogens (tertiary/aromatic N) is 5. The minimum atomic E-state index is 0.572. The lowest BCUT2D eigenvalue weighted by molar-refractivity contribution is 0.669. The number of para-hydroxylation sites is 4. The van der Waals surface area contributed by atoms with Gasteiger partial charge in [0.1, 0.15) is 11.2 Å². The molecule has 0 aliphatic rings. The monoisotopic (exact) mass is 805 g/mol. The van der Waals surface area contributed by atoms with Crippen molar-refractivity contribution in [2.45, 2.75) is 0 Å². The molecule has 0 amide bonds. The van der Waals surface area contributed by atoms with Crippen LogP contribution in [-0.2, 0) is 0 Å². The lowest BCUT2D eigenvalue weighted by atomic mass is 10.0. The molecule has 0 aliphatic carbocycles. The van der Waals surface area contributed by atoms with Crippen LogP contribution in [0.15, 0.2) is 217 Å². The molecule has 4 heterocycles. The second-order valence-electron chi connectivity index (χ2n) is 16.0. The first kappa shape index (κ1) is 35.2. The zero-order valence-electron chi connectivity index (χ0n) is 33.9. The highest BCUT2D eigenvalue weighted by Crippen LogP contribution is 2.39. The van der Waals surface area contributed by atoms with E-state index in [1.165, 1.54) is 32.6 Å².